The van der Waals surface area contributed by atoms with Crippen LogP contribution in [0.4, 0.5) is 13.2 Å². The number of piperazine rings is 1. The van der Waals surface area contributed by atoms with E-state index in [0.29, 0.717) is 13.1 Å². The van der Waals surface area contributed by atoms with Crippen molar-refractivity contribution in [3.63, 3.8) is 0 Å². The molecule has 1 amide bonds. The number of hydrogen-bond donors (Lipinski definition) is 2. The van der Waals surface area contributed by atoms with E-state index >= 15 is 0 Å². The Balaban J connectivity index is 1.66. The Labute approximate surface area is 154 Å². The number of carbonyl (C=O) groups is 1. The minimum atomic E-state index is -4.43. The minimum absolute atomic E-state index is 0.0299. The summed E-state index contributed by atoms with van der Waals surface area (Å²) in [4.78, 5) is 13.6. The average Bonchev–Trinajstić information content (AvgIpc) is 3.12. The van der Waals surface area contributed by atoms with Gasteiger partial charge in [0.2, 0.25) is 0 Å². The van der Waals surface area contributed by atoms with Gasteiger partial charge >= 0.3 is 6.18 Å². The maximum absolute atomic E-state index is 13.4. The Kier molecular flexibility index (Phi) is 5.76. The molecule has 1 fully saturated rings. The van der Waals surface area contributed by atoms with Gasteiger partial charge in [-0.25, -0.2) is 4.68 Å². The number of nitrogens with zero attached hydrogens (tertiary/aromatic N) is 4. The average molecular weight is 382 g/mol. The number of carbonyl (C=O) groups excluding carboxylic acids is 1. The van der Waals surface area contributed by atoms with Gasteiger partial charge in [0.05, 0.1) is 11.9 Å². The van der Waals surface area contributed by atoms with Crippen LogP contribution in [-0.4, -0.2) is 70.7 Å². The number of rotatable bonds is 5. The molecule has 0 bridgehead atoms. The summed E-state index contributed by atoms with van der Waals surface area (Å²) in [6.07, 6.45) is -3.03. The molecule has 0 aliphatic carbocycles. The number of benzene rings is 1. The lowest BCUT2D eigenvalue weighted by Crippen LogP contribution is -2.57. The van der Waals surface area contributed by atoms with E-state index < -0.39 is 24.7 Å². The van der Waals surface area contributed by atoms with Gasteiger partial charge in [-0.2, -0.15) is 13.2 Å². The van der Waals surface area contributed by atoms with E-state index in [0.717, 1.165) is 11.3 Å². The summed E-state index contributed by atoms with van der Waals surface area (Å²) < 4.78 is 41.5. The number of alkyl halides is 3. The van der Waals surface area contributed by atoms with Crippen molar-refractivity contribution in [1.82, 2.24) is 30.5 Å². The third kappa shape index (κ3) is 4.83. The summed E-state index contributed by atoms with van der Waals surface area (Å²) in [5.74, 6) is -0.682. The van der Waals surface area contributed by atoms with Crippen LogP contribution in [0.3, 0.4) is 0 Å². The molecule has 1 saturated heterocycles. The van der Waals surface area contributed by atoms with Gasteiger partial charge in [0.25, 0.3) is 5.91 Å². The topological polar surface area (TPSA) is 75.1 Å². The summed E-state index contributed by atoms with van der Waals surface area (Å²) in [6.45, 7) is 2.94. The van der Waals surface area contributed by atoms with E-state index in [9.17, 15) is 18.0 Å². The summed E-state index contributed by atoms with van der Waals surface area (Å²) in [6, 6.07) is 5.69. The molecule has 2 aromatic rings. The van der Waals surface area contributed by atoms with Crippen LogP contribution in [0.15, 0.2) is 30.5 Å². The van der Waals surface area contributed by atoms with Gasteiger partial charge in [0, 0.05) is 32.7 Å². The van der Waals surface area contributed by atoms with Crippen molar-refractivity contribution in [2.45, 2.75) is 19.1 Å². The first-order valence-electron chi connectivity index (χ1n) is 8.63. The number of hydrogen-bond acceptors (Lipinski definition) is 5. The largest absolute Gasteiger partial charge is 0.405 e. The van der Waals surface area contributed by atoms with Crippen LogP contribution in [0, 0.1) is 6.92 Å². The third-order valence-electron chi connectivity index (χ3n) is 4.42. The van der Waals surface area contributed by atoms with E-state index in [1.165, 1.54) is 15.8 Å². The molecule has 27 heavy (non-hydrogen) atoms. The monoisotopic (exact) mass is 382 g/mol. The molecule has 10 heteroatoms. The predicted molar refractivity (Wildman–Crippen MR) is 92.7 cm³/mol. The van der Waals surface area contributed by atoms with E-state index in [1.54, 1.807) is 6.07 Å². The third-order valence-corrected chi connectivity index (χ3v) is 4.42. The van der Waals surface area contributed by atoms with Crippen molar-refractivity contribution in [2.24, 2.45) is 0 Å². The fourth-order valence-electron chi connectivity index (χ4n) is 2.99. The summed E-state index contributed by atoms with van der Waals surface area (Å²) in [5.41, 5.74) is 1.70. The van der Waals surface area contributed by atoms with Gasteiger partial charge in [0.1, 0.15) is 6.04 Å². The van der Waals surface area contributed by atoms with Crippen molar-refractivity contribution in [3.8, 4) is 5.69 Å². The van der Waals surface area contributed by atoms with Gasteiger partial charge in [0.15, 0.2) is 5.69 Å². The van der Waals surface area contributed by atoms with Crippen LogP contribution >= 0.6 is 0 Å². The molecule has 2 N–H and O–H groups in total. The van der Waals surface area contributed by atoms with E-state index in [-0.39, 0.29) is 18.8 Å². The summed E-state index contributed by atoms with van der Waals surface area (Å²) >= 11 is 0. The standard InChI is InChI=1S/C17H21F3N6O/c1-12-3-2-4-13(9-12)26-11-14(23-24-26)16(27)22-10-15(17(18,19)20)25-7-5-21-6-8-25/h2-4,9,11,15,21H,5-8,10H2,1H3,(H,22,27). The molecule has 7 nitrogen and oxygen atoms in total. The molecular formula is C17H21F3N6O. The van der Waals surface area contributed by atoms with Crippen molar-refractivity contribution in [1.29, 1.82) is 0 Å². The van der Waals surface area contributed by atoms with Crippen molar-refractivity contribution in [3.05, 3.63) is 41.7 Å². The molecule has 1 unspecified atom stereocenters. The molecule has 0 radical (unpaired) electrons. The first-order chi connectivity index (χ1) is 12.8. The van der Waals surface area contributed by atoms with Crippen molar-refractivity contribution < 1.29 is 18.0 Å². The predicted octanol–water partition coefficient (Wildman–Crippen LogP) is 1.14. The highest BCUT2D eigenvalue weighted by molar-refractivity contribution is 5.91. The van der Waals surface area contributed by atoms with Gasteiger partial charge in [-0.1, -0.05) is 17.3 Å². The normalized spacial score (nSPS) is 16.9. The van der Waals surface area contributed by atoms with Gasteiger partial charge < -0.3 is 10.6 Å². The second kappa shape index (κ2) is 8.05. The highest BCUT2D eigenvalue weighted by atomic mass is 19.4. The van der Waals surface area contributed by atoms with Crippen molar-refractivity contribution >= 4 is 5.91 Å². The SMILES string of the molecule is Cc1cccc(-n2cc(C(=O)NCC(N3CCNCC3)C(F)(F)F)nn2)c1. The molecule has 1 aromatic carbocycles. The fraction of sp³-hybridized carbons (Fsp3) is 0.471. The van der Waals surface area contributed by atoms with Gasteiger partial charge in [-0.15, -0.1) is 5.10 Å². The Bertz CT molecular complexity index is 785. The van der Waals surface area contributed by atoms with Crippen LogP contribution in [0.2, 0.25) is 0 Å². The Morgan fingerprint density at radius 2 is 2.07 bits per heavy atom. The quantitative estimate of drug-likeness (QED) is 0.811. The summed E-state index contributed by atoms with van der Waals surface area (Å²) in [5, 5.41) is 13.0. The molecule has 146 valence electrons. The highest BCUT2D eigenvalue weighted by Crippen LogP contribution is 2.24. The zero-order valence-corrected chi connectivity index (χ0v) is 14.8. The minimum Gasteiger partial charge on any atom is -0.349 e. The zero-order valence-electron chi connectivity index (χ0n) is 14.8. The first-order valence-corrected chi connectivity index (χ1v) is 8.63. The Hall–Kier alpha value is -2.46. The first kappa shape index (κ1) is 19.3. The number of nitrogens with one attached hydrogen (secondary N) is 2. The van der Waals surface area contributed by atoms with Crippen molar-refractivity contribution in [2.75, 3.05) is 32.7 Å². The zero-order chi connectivity index (χ0) is 19.4. The van der Waals surface area contributed by atoms with Gasteiger partial charge in [-0.3, -0.25) is 9.69 Å². The van der Waals surface area contributed by atoms with E-state index in [4.69, 9.17) is 0 Å². The molecule has 3 rings (SSSR count). The molecule has 1 aliphatic rings. The Morgan fingerprint density at radius 3 is 2.74 bits per heavy atom. The van der Waals surface area contributed by atoms with Crippen LogP contribution < -0.4 is 10.6 Å². The lowest BCUT2D eigenvalue weighted by atomic mass is 10.2. The smallest absolute Gasteiger partial charge is 0.349 e. The van der Waals surface area contributed by atoms with Crippen LogP contribution in [-0.2, 0) is 0 Å². The maximum Gasteiger partial charge on any atom is 0.405 e. The fourth-order valence-corrected chi connectivity index (χ4v) is 2.99. The molecule has 2 heterocycles. The maximum atomic E-state index is 13.4. The molecule has 0 saturated carbocycles. The van der Waals surface area contributed by atoms with E-state index in [1.807, 2.05) is 25.1 Å². The second-order valence-corrected chi connectivity index (χ2v) is 6.44. The molecule has 1 atom stereocenters. The summed E-state index contributed by atoms with van der Waals surface area (Å²) in [7, 11) is 0. The van der Waals surface area contributed by atoms with E-state index in [2.05, 4.69) is 20.9 Å². The second-order valence-electron chi connectivity index (χ2n) is 6.44. The molecule has 1 aliphatic heterocycles. The number of aromatic nitrogens is 3. The Morgan fingerprint density at radius 1 is 1.33 bits per heavy atom. The van der Waals surface area contributed by atoms with Crippen LogP contribution in [0.5, 0.6) is 0 Å². The number of halogens is 3. The highest BCUT2D eigenvalue weighted by Gasteiger charge is 2.43. The molecular weight excluding hydrogens is 361 g/mol. The number of aryl methyl sites for hydroxylation is 1. The number of amides is 1. The molecule has 0 spiro atoms. The van der Waals surface area contributed by atoms with Crippen LogP contribution in [0.25, 0.3) is 5.69 Å². The molecule has 1 aromatic heterocycles. The van der Waals surface area contributed by atoms with Gasteiger partial charge in [-0.05, 0) is 24.6 Å². The lowest BCUT2D eigenvalue weighted by molar-refractivity contribution is -0.183. The van der Waals surface area contributed by atoms with Crippen LogP contribution in [0.1, 0.15) is 16.1 Å². The lowest BCUT2D eigenvalue weighted by Gasteiger charge is -2.35.